The first-order valence-electron chi connectivity index (χ1n) is 5.94. The van der Waals surface area contributed by atoms with Crippen molar-refractivity contribution in [3.63, 3.8) is 0 Å². The summed E-state index contributed by atoms with van der Waals surface area (Å²) < 4.78 is 0. The number of hydrogen-bond donors (Lipinski definition) is 1. The van der Waals surface area contributed by atoms with Crippen molar-refractivity contribution < 1.29 is 4.79 Å². The minimum Gasteiger partial charge on any atom is -0.339 e. The molecule has 0 atom stereocenters. The van der Waals surface area contributed by atoms with Crippen LogP contribution < -0.4 is 5.73 Å². The molecule has 0 aliphatic heterocycles. The molecule has 1 amide bonds. The van der Waals surface area contributed by atoms with Crippen LogP contribution in [0.15, 0.2) is 0 Å². The van der Waals surface area contributed by atoms with Crippen LogP contribution in [-0.4, -0.2) is 28.9 Å². The first-order valence-corrected chi connectivity index (χ1v) is 5.94. The molecule has 1 fully saturated rings. The molecule has 0 heterocycles. The summed E-state index contributed by atoms with van der Waals surface area (Å²) in [5, 5.41) is 8.56. The quantitative estimate of drug-likeness (QED) is 0.766. The Morgan fingerprint density at radius 1 is 1.56 bits per heavy atom. The van der Waals surface area contributed by atoms with Crippen molar-refractivity contribution in [2.24, 2.45) is 5.73 Å². The molecule has 1 rings (SSSR count). The Labute approximate surface area is 97.4 Å². The zero-order valence-electron chi connectivity index (χ0n) is 10.2. The Kier molecular flexibility index (Phi) is 4.31. The molecular formula is C12H21N3O. The van der Waals surface area contributed by atoms with E-state index in [9.17, 15) is 4.79 Å². The highest BCUT2D eigenvalue weighted by molar-refractivity contribution is 5.78. The van der Waals surface area contributed by atoms with Gasteiger partial charge in [0.05, 0.1) is 12.5 Å². The van der Waals surface area contributed by atoms with E-state index in [1.165, 1.54) is 0 Å². The molecule has 1 aliphatic rings. The summed E-state index contributed by atoms with van der Waals surface area (Å²) in [5.41, 5.74) is 5.79. The molecule has 16 heavy (non-hydrogen) atoms. The standard InChI is InChI=1S/C12H21N3O/c1-10(2)15(8-4-7-13)11(16)9-12(14)5-3-6-12/h10H,3-6,8-9,14H2,1-2H3. The maximum atomic E-state index is 12.0. The van der Waals surface area contributed by atoms with Gasteiger partial charge in [-0.1, -0.05) is 0 Å². The van der Waals surface area contributed by atoms with E-state index >= 15 is 0 Å². The second-order valence-electron chi connectivity index (χ2n) is 4.98. The van der Waals surface area contributed by atoms with Crippen molar-refractivity contribution in [3.8, 4) is 6.07 Å². The number of amides is 1. The molecule has 2 N–H and O–H groups in total. The fourth-order valence-electron chi connectivity index (χ4n) is 2.05. The van der Waals surface area contributed by atoms with Crippen LogP contribution in [0.3, 0.4) is 0 Å². The first-order chi connectivity index (χ1) is 7.48. The fourth-order valence-corrected chi connectivity index (χ4v) is 2.05. The lowest BCUT2D eigenvalue weighted by Crippen LogP contribution is -2.51. The van der Waals surface area contributed by atoms with Crippen molar-refractivity contribution in [2.75, 3.05) is 6.54 Å². The molecule has 0 saturated heterocycles. The van der Waals surface area contributed by atoms with Gasteiger partial charge in [0, 0.05) is 24.5 Å². The average molecular weight is 223 g/mol. The Morgan fingerprint density at radius 2 is 2.19 bits per heavy atom. The first kappa shape index (κ1) is 13.0. The van der Waals surface area contributed by atoms with Crippen LogP contribution in [0.2, 0.25) is 0 Å². The zero-order chi connectivity index (χ0) is 12.2. The maximum absolute atomic E-state index is 12.0. The lowest BCUT2D eigenvalue weighted by atomic mass is 9.75. The SMILES string of the molecule is CC(C)N(CCC#N)C(=O)CC1(N)CCC1. The molecule has 90 valence electrons. The monoisotopic (exact) mass is 223 g/mol. The van der Waals surface area contributed by atoms with Crippen molar-refractivity contribution in [2.45, 2.75) is 57.5 Å². The number of hydrogen-bond acceptors (Lipinski definition) is 3. The third kappa shape index (κ3) is 3.21. The second kappa shape index (κ2) is 5.31. The number of carbonyl (C=O) groups excluding carboxylic acids is 1. The number of carbonyl (C=O) groups is 1. The van der Waals surface area contributed by atoms with E-state index in [4.69, 9.17) is 11.0 Å². The molecule has 1 saturated carbocycles. The van der Waals surface area contributed by atoms with Gasteiger partial charge in [-0.3, -0.25) is 4.79 Å². The highest BCUT2D eigenvalue weighted by atomic mass is 16.2. The van der Waals surface area contributed by atoms with Crippen LogP contribution in [0.4, 0.5) is 0 Å². The van der Waals surface area contributed by atoms with Crippen molar-refractivity contribution in [1.29, 1.82) is 5.26 Å². The molecule has 4 nitrogen and oxygen atoms in total. The van der Waals surface area contributed by atoms with Gasteiger partial charge >= 0.3 is 0 Å². The molecule has 0 bridgehead atoms. The van der Waals surface area contributed by atoms with E-state index in [2.05, 4.69) is 6.07 Å². The van der Waals surface area contributed by atoms with E-state index in [0.29, 0.717) is 19.4 Å². The summed E-state index contributed by atoms with van der Waals surface area (Å²) in [5.74, 6) is 0.0902. The van der Waals surface area contributed by atoms with Crippen molar-refractivity contribution >= 4 is 5.91 Å². The van der Waals surface area contributed by atoms with Crippen LogP contribution in [0.5, 0.6) is 0 Å². The van der Waals surface area contributed by atoms with Gasteiger partial charge in [0.15, 0.2) is 0 Å². The molecular weight excluding hydrogens is 202 g/mol. The molecule has 0 spiro atoms. The third-order valence-electron chi connectivity index (χ3n) is 3.26. The number of nitriles is 1. The fraction of sp³-hybridized carbons (Fsp3) is 0.833. The second-order valence-corrected chi connectivity index (χ2v) is 4.98. The average Bonchev–Trinajstić information content (AvgIpc) is 2.15. The molecule has 1 aliphatic carbocycles. The summed E-state index contributed by atoms with van der Waals surface area (Å²) in [6.45, 7) is 4.46. The van der Waals surface area contributed by atoms with Gasteiger partial charge in [0.2, 0.25) is 5.91 Å². The van der Waals surface area contributed by atoms with Gasteiger partial charge in [-0.05, 0) is 33.1 Å². The largest absolute Gasteiger partial charge is 0.339 e. The Morgan fingerprint density at radius 3 is 2.56 bits per heavy atom. The molecule has 4 heteroatoms. The van der Waals surface area contributed by atoms with Crippen LogP contribution >= 0.6 is 0 Å². The molecule has 0 aromatic carbocycles. The minimum absolute atomic E-state index is 0.0902. The smallest absolute Gasteiger partial charge is 0.224 e. The lowest BCUT2D eigenvalue weighted by Gasteiger charge is -2.39. The van der Waals surface area contributed by atoms with Crippen LogP contribution in [-0.2, 0) is 4.79 Å². The van der Waals surface area contributed by atoms with Crippen molar-refractivity contribution in [3.05, 3.63) is 0 Å². The molecule has 0 aromatic heterocycles. The predicted molar refractivity (Wildman–Crippen MR) is 62.5 cm³/mol. The minimum atomic E-state index is -0.267. The van der Waals surface area contributed by atoms with Crippen LogP contribution in [0.1, 0.15) is 46.0 Å². The maximum Gasteiger partial charge on any atom is 0.224 e. The number of nitrogens with two attached hydrogens (primary N) is 1. The molecule has 0 unspecified atom stereocenters. The Balaban J connectivity index is 2.50. The van der Waals surface area contributed by atoms with E-state index in [1.54, 1.807) is 4.90 Å². The molecule has 0 radical (unpaired) electrons. The van der Waals surface area contributed by atoms with Gasteiger partial charge in [-0.2, -0.15) is 5.26 Å². The molecule has 0 aromatic rings. The summed E-state index contributed by atoms with van der Waals surface area (Å²) >= 11 is 0. The number of rotatable bonds is 5. The van der Waals surface area contributed by atoms with E-state index in [1.807, 2.05) is 13.8 Å². The zero-order valence-corrected chi connectivity index (χ0v) is 10.2. The van der Waals surface area contributed by atoms with Crippen LogP contribution in [0.25, 0.3) is 0 Å². The van der Waals surface area contributed by atoms with Gasteiger partial charge < -0.3 is 10.6 Å². The summed E-state index contributed by atoms with van der Waals surface area (Å²) in [6.07, 6.45) is 3.84. The summed E-state index contributed by atoms with van der Waals surface area (Å²) in [7, 11) is 0. The lowest BCUT2D eigenvalue weighted by molar-refractivity contribution is -0.134. The van der Waals surface area contributed by atoms with Gasteiger partial charge in [0.25, 0.3) is 0 Å². The van der Waals surface area contributed by atoms with E-state index in [0.717, 1.165) is 19.3 Å². The topological polar surface area (TPSA) is 70.1 Å². The van der Waals surface area contributed by atoms with E-state index in [-0.39, 0.29) is 17.5 Å². The van der Waals surface area contributed by atoms with E-state index < -0.39 is 0 Å². The van der Waals surface area contributed by atoms with Gasteiger partial charge in [0.1, 0.15) is 0 Å². The van der Waals surface area contributed by atoms with Gasteiger partial charge in [-0.15, -0.1) is 0 Å². The van der Waals surface area contributed by atoms with Gasteiger partial charge in [-0.25, -0.2) is 0 Å². The van der Waals surface area contributed by atoms with Crippen LogP contribution in [0, 0.1) is 11.3 Å². The summed E-state index contributed by atoms with van der Waals surface area (Å²) in [6, 6.07) is 2.22. The Bertz CT molecular complexity index is 289. The number of nitrogens with zero attached hydrogens (tertiary/aromatic N) is 2. The third-order valence-corrected chi connectivity index (χ3v) is 3.26. The Hall–Kier alpha value is -1.08. The normalized spacial score (nSPS) is 17.7. The predicted octanol–water partition coefficient (Wildman–Crippen LogP) is 1.41. The highest BCUT2D eigenvalue weighted by Crippen LogP contribution is 2.32. The summed E-state index contributed by atoms with van der Waals surface area (Å²) in [4.78, 5) is 13.8. The van der Waals surface area contributed by atoms with Crippen molar-refractivity contribution in [1.82, 2.24) is 4.90 Å². The highest BCUT2D eigenvalue weighted by Gasteiger charge is 2.36.